The maximum atomic E-state index is 5.60. The third-order valence-electron chi connectivity index (χ3n) is 3.76. The summed E-state index contributed by atoms with van der Waals surface area (Å²) in [5, 5.41) is 4.01. The summed E-state index contributed by atoms with van der Waals surface area (Å²) in [6.45, 7) is 2.22. The molecule has 0 aromatic heterocycles. The molecule has 1 aliphatic carbocycles. The first-order valence-corrected chi connectivity index (χ1v) is 6.86. The number of nitrogens with two attached hydrogens (primary N) is 1. The highest BCUT2D eigenvalue weighted by Crippen LogP contribution is 2.37. The van der Waals surface area contributed by atoms with Crippen LogP contribution in [0.5, 0.6) is 0 Å². The van der Waals surface area contributed by atoms with Gasteiger partial charge in [0.25, 0.3) is 0 Å². The summed E-state index contributed by atoms with van der Waals surface area (Å²) in [5.41, 5.74) is 7.10. The summed E-state index contributed by atoms with van der Waals surface area (Å²) in [6.07, 6.45) is 3.56. The molecule has 0 fully saturated rings. The van der Waals surface area contributed by atoms with Crippen LogP contribution in [0.2, 0.25) is 0 Å². The van der Waals surface area contributed by atoms with E-state index in [1.165, 1.54) is 35.1 Å². The number of nitrogens with zero attached hydrogens (tertiary/aromatic N) is 1. The second-order valence-electron chi connectivity index (χ2n) is 5.01. The summed E-state index contributed by atoms with van der Waals surface area (Å²) < 4.78 is 0. The van der Waals surface area contributed by atoms with Crippen molar-refractivity contribution in [2.45, 2.75) is 26.2 Å². The van der Waals surface area contributed by atoms with Crippen molar-refractivity contribution in [3.63, 3.8) is 0 Å². The number of fused-ring (bicyclic) bond motifs is 3. The van der Waals surface area contributed by atoms with Crippen LogP contribution in [0.3, 0.4) is 0 Å². The molecule has 0 atom stereocenters. The van der Waals surface area contributed by atoms with E-state index in [-0.39, 0.29) is 0 Å². The van der Waals surface area contributed by atoms with E-state index < -0.39 is 0 Å². The Morgan fingerprint density at radius 3 is 2.42 bits per heavy atom. The molecule has 2 aromatic rings. The molecular weight excluding hydrogens is 232 g/mol. The van der Waals surface area contributed by atoms with Gasteiger partial charge in [-0.1, -0.05) is 49.7 Å². The zero-order valence-corrected chi connectivity index (χ0v) is 11.2. The number of rotatable bonds is 3. The van der Waals surface area contributed by atoms with Gasteiger partial charge in [0, 0.05) is 11.1 Å². The summed E-state index contributed by atoms with van der Waals surface area (Å²) in [7, 11) is 0. The Morgan fingerprint density at radius 1 is 0.947 bits per heavy atom. The Balaban J connectivity index is 2.10. The van der Waals surface area contributed by atoms with Crippen molar-refractivity contribution < 1.29 is 0 Å². The van der Waals surface area contributed by atoms with Crippen LogP contribution in [0.1, 0.15) is 36.5 Å². The minimum absolute atomic E-state index is 0.920. The molecule has 2 heteroatoms. The van der Waals surface area contributed by atoms with E-state index in [0.29, 0.717) is 0 Å². The van der Waals surface area contributed by atoms with Crippen LogP contribution in [0.4, 0.5) is 0 Å². The molecule has 2 nitrogen and oxygen atoms in total. The summed E-state index contributed by atoms with van der Waals surface area (Å²) in [5.74, 6) is 5.60. The second-order valence-corrected chi connectivity index (χ2v) is 5.01. The maximum Gasteiger partial charge on any atom is 0.0983 e. The molecule has 19 heavy (non-hydrogen) atoms. The molecule has 0 heterocycles. The zero-order valence-electron chi connectivity index (χ0n) is 11.2. The molecule has 1 aliphatic rings. The Kier molecular flexibility index (Phi) is 3.08. The van der Waals surface area contributed by atoms with E-state index in [2.05, 4.69) is 48.4 Å². The Hall–Kier alpha value is -2.09. The molecule has 3 rings (SSSR count). The van der Waals surface area contributed by atoms with Crippen LogP contribution >= 0.6 is 0 Å². The molecule has 0 bridgehead atoms. The van der Waals surface area contributed by atoms with Crippen LogP contribution in [0, 0.1) is 0 Å². The normalized spacial score (nSPS) is 14.5. The molecule has 2 aromatic carbocycles. The van der Waals surface area contributed by atoms with Gasteiger partial charge in [0.1, 0.15) is 0 Å². The number of hydrogen-bond acceptors (Lipinski definition) is 2. The number of unbranched alkanes of at least 4 members (excludes halogenated alkanes) is 1. The van der Waals surface area contributed by atoms with E-state index in [1.54, 1.807) is 0 Å². The largest absolute Gasteiger partial charge is 0.323 e. The monoisotopic (exact) mass is 250 g/mol. The molecule has 0 spiro atoms. The lowest BCUT2D eigenvalue weighted by Gasteiger charge is -2.05. The minimum atomic E-state index is 0.920. The first kappa shape index (κ1) is 12.0. The fourth-order valence-corrected chi connectivity index (χ4v) is 2.77. The molecule has 0 saturated heterocycles. The zero-order chi connectivity index (χ0) is 13.2. The average Bonchev–Trinajstić information content (AvgIpc) is 2.78. The fourth-order valence-electron chi connectivity index (χ4n) is 2.77. The van der Waals surface area contributed by atoms with Crippen LogP contribution < -0.4 is 5.84 Å². The highest BCUT2D eigenvalue weighted by Gasteiger charge is 2.24. The number of hydrogen-bond donors (Lipinski definition) is 1. The van der Waals surface area contributed by atoms with E-state index in [9.17, 15) is 0 Å². The summed E-state index contributed by atoms with van der Waals surface area (Å²) in [4.78, 5) is 0. The standard InChI is InChI=1S/C17H18N2/c1-2-3-6-12-9-10-14-13-7-4-5-8-15(13)17(19-18)16(14)11-12/h4-5,7-11H,2-3,6,18H2,1H3. The summed E-state index contributed by atoms with van der Waals surface area (Å²) in [6, 6.07) is 15.0. The van der Waals surface area contributed by atoms with Crippen LogP contribution in [-0.2, 0) is 6.42 Å². The Morgan fingerprint density at radius 2 is 1.68 bits per heavy atom. The van der Waals surface area contributed by atoms with Gasteiger partial charge in [-0.3, -0.25) is 0 Å². The van der Waals surface area contributed by atoms with Gasteiger partial charge in [0.2, 0.25) is 0 Å². The van der Waals surface area contributed by atoms with E-state index in [1.807, 2.05) is 6.07 Å². The quantitative estimate of drug-likeness (QED) is 0.558. The van der Waals surface area contributed by atoms with E-state index in [4.69, 9.17) is 5.84 Å². The van der Waals surface area contributed by atoms with Gasteiger partial charge in [-0.2, -0.15) is 5.10 Å². The van der Waals surface area contributed by atoms with Crippen molar-refractivity contribution in [2.75, 3.05) is 0 Å². The van der Waals surface area contributed by atoms with Crippen molar-refractivity contribution in [1.82, 2.24) is 0 Å². The Labute approximate surface area is 114 Å². The van der Waals surface area contributed by atoms with Gasteiger partial charge in [-0.15, -0.1) is 0 Å². The second kappa shape index (κ2) is 4.88. The maximum absolute atomic E-state index is 5.60. The van der Waals surface area contributed by atoms with Crippen LogP contribution in [0.15, 0.2) is 47.6 Å². The van der Waals surface area contributed by atoms with Crippen molar-refractivity contribution in [3.8, 4) is 11.1 Å². The van der Waals surface area contributed by atoms with Gasteiger partial charge < -0.3 is 5.84 Å². The first-order valence-electron chi connectivity index (χ1n) is 6.86. The average molecular weight is 250 g/mol. The molecule has 0 saturated carbocycles. The predicted octanol–water partition coefficient (Wildman–Crippen LogP) is 3.72. The van der Waals surface area contributed by atoms with Gasteiger partial charge in [-0.05, 0) is 35.6 Å². The fraction of sp³-hybridized carbons (Fsp3) is 0.235. The van der Waals surface area contributed by atoms with Crippen LogP contribution in [-0.4, -0.2) is 5.71 Å². The number of aryl methyl sites for hydroxylation is 1. The third-order valence-corrected chi connectivity index (χ3v) is 3.76. The van der Waals surface area contributed by atoms with Crippen molar-refractivity contribution in [3.05, 3.63) is 59.2 Å². The van der Waals surface area contributed by atoms with Gasteiger partial charge >= 0.3 is 0 Å². The number of benzene rings is 2. The van der Waals surface area contributed by atoms with Gasteiger partial charge in [0.05, 0.1) is 5.71 Å². The van der Waals surface area contributed by atoms with Crippen molar-refractivity contribution in [2.24, 2.45) is 10.9 Å². The summed E-state index contributed by atoms with van der Waals surface area (Å²) >= 11 is 0. The third kappa shape index (κ3) is 1.93. The first-order chi connectivity index (χ1) is 9.35. The smallest absolute Gasteiger partial charge is 0.0983 e. The lowest BCUT2D eigenvalue weighted by molar-refractivity contribution is 0.795. The highest BCUT2D eigenvalue weighted by molar-refractivity contribution is 6.24. The van der Waals surface area contributed by atoms with Crippen molar-refractivity contribution >= 4 is 5.71 Å². The molecule has 0 aliphatic heterocycles. The molecule has 0 unspecified atom stereocenters. The molecule has 0 amide bonds. The van der Waals surface area contributed by atoms with Crippen molar-refractivity contribution in [1.29, 1.82) is 0 Å². The molecule has 2 N–H and O–H groups in total. The molecular formula is C17H18N2. The van der Waals surface area contributed by atoms with E-state index >= 15 is 0 Å². The lowest BCUT2D eigenvalue weighted by Crippen LogP contribution is -2.02. The van der Waals surface area contributed by atoms with Gasteiger partial charge in [-0.25, -0.2) is 0 Å². The molecule has 96 valence electrons. The Bertz CT molecular complexity index is 641. The predicted molar refractivity (Wildman–Crippen MR) is 80.3 cm³/mol. The minimum Gasteiger partial charge on any atom is -0.323 e. The SMILES string of the molecule is CCCCc1ccc2c(c1)C(=NN)c1ccccc1-2. The topological polar surface area (TPSA) is 38.4 Å². The van der Waals surface area contributed by atoms with Crippen LogP contribution in [0.25, 0.3) is 11.1 Å². The molecule has 0 radical (unpaired) electrons. The highest BCUT2D eigenvalue weighted by atomic mass is 15.1. The number of hydrazone groups is 1. The lowest BCUT2D eigenvalue weighted by atomic mass is 10.0. The van der Waals surface area contributed by atoms with E-state index in [0.717, 1.165) is 17.7 Å². The van der Waals surface area contributed by atoms with Gasteiger partial charge in [0.15, 0.2) is 0 Å².